The van der Waals surface area contributed by atoms with E-state index in [0.717, 1.165) is 35.9 Å². The minimum Gasteiger partial charge on any atom is -0.356 e. The van der Waals surface area contributed by atoms with E-state index < -0.39 is 0 Å². The van der Waals surface area contributed by atoms with Gasteiger partial charge in [0, 0.05) is 27.2 Å². The molecule has 2 aromatic rings. The van der Waals surface area contributed by atoms with Crippen LogP contribution in [0.5, 0.6) is 0 Å². The fraction of sp³-hybridized carbons (Fsp3) is 0.688. The maximum Gasteiger partial charge on any atom is 0.228 e. The minimum atomic E-state index is -0.0984. The molecule has 120 valence electrons. The van der Waals surface area contributed by atoms with Gasteiger partial charge in [-0.05, 0) is 40.0 Å². The topological polar surface area (TPSA) is 50.1 Å². The van der Waals surface area contributed by atoms with Gasteiger partial charge in [-0.15, -0.1) is 0 Å². The van der Waals surface area contributed by atoms with Gasteiger partial charge in [-0.2, -0.15) is 15.1 Å². The standard InChI is InChI=1S/C16H26N6/c1-16(2,3)22-14-12(11-17-22)13(18-15(19-14)20(4)5)21-9-7-6-8-10-21/h11H,6-10H2,1-5H3. The quantitative estimate of drug-likeness (QED) is 0.853. The van der Waals surface area contributed by atoms with Crippen LogP contribution < -0.4 is 9.80 Å². The number of hydrogen-bond donors (Lipinski definition) is 0. The lowest BCUT2D eigenvalue weighted by atomic mass is 10.1. The monoisotopic (exact) mass is 302 g/mol. The smallest absolute Gasteiger partial charge is 0.228 e. The van der Waals surface area contributed by atoms with Crippen LogP contribution in [0.25, 0.3) is 11.0 Å². The fourth-order valence-electron chi connectivity index (χ4n) is 2.92. The fourth-order valence-corrected chi connectivity index (χ4v) is 2.92. The predicted molar refractivity (Wildman–Crippen MR) is 90.7 cm³/mol. The first-order valence-electron chi connectivity index (χ1n) is 8.06. The van der Waals surface area contributed by atoms with Crippen LogP contribution in [0.2, 0.25) is 0 Å². The van der Waals surface area contributed by atoms with Gasteiger partial charge in [0.2, 0.25) is 5.95 Å². The summed E-state index contributed by atoms with van der Waals surface area (Å²) in [6.45, 7) is 8.59. The lowest BCUT2D eigenvalue weighted by Crippen LogP contribution is -2.31. The summed E-state index contributed by atoms with van der Waals surface area (Å²) in [5.74, 6) is 1.78. The zero-order valence-electron chi connectivity index (χ0n) is 14.3. The third-order valence-corrected chi connectivity index (χ3v) is 4.09. The minimum absolute atomic E-state index is 0.0984. The molecule has 1 saturated heterocycles. The lowest BCUT2D eigenvalue weighted by molar-refractivity contribution is 0.366. The molecule has 3 heterocycles. The highest BCUT2D eigenvalue weighted by molar-refractivity contribution is 5.88. The second-order valence-corrected chi connectivity index (χ2v) is 7.25. The molecule has 1 aliphatic rings. The van der Waals surface area contributed by atoms with Gasteiger partial charge in [0.1, 0.15) is 5.82 Å². The van der Waals surface area contributed by atoms with Gasteiger partial charge in [0.25, 0.3) is 0 Å². The van der Waals surface area contributed by atoms with E-state index >= 15 is 0 Å². The van der Waals surface area contributed by atoms with E-state index in [1.54, 1.807) is 0 Å². The number of aromatic nitrogens is 4. The normalized spacial score (nSPS) is 16.3. The summed E-state index contributed by atoms with van der Waals surface area (Å²) in [6, 6.07) is 0. The summed E-state index contributed by atoms with van der Waals surface area (Å²) >= 11 is 0. The molecule has 22 heavy (non-hydrogen) atoms. The van der Waals surface area contributed by atoms with E-state index in [-0.39, 0.29) is 5.54 Å². The van der Waals surface area contributed by atoms with Gasteiger partial charge in [0.15, 0.2) is 5.65 Å². The molecule has 0 aliphatic carbocycles. The molecular formula is C16H26N6. The molecule has 0 spiro atoms. The summed E-state index contributed by atoms with van der Waals surface area (Å²) in [4.78, 5) is 13.9. The van der Waals surface area contributed by atoms with Crippen molar-refractivity contribution in [1.29, 1.82) is 0 Å². The Labute approximate surface area is 132 Å². The number of hydrogen-bond acceptors (Lipinski definition) is 5. The summed E-state index contributed by atoms with van der Waals surface area (Å²) in [5, 5.41) is 5.65. The number of piperidine rings is 1. The van der Waals surface area contributed by atoms with Crippen LogP contribution in [0, 0.1) is 0 Å². The first kappa shape index (κ1) is 15.1. The number of fused-ring (bicyclic) bond motifs is 1. The highest BCUT2D eigenvalue weighted by atomic mass is 15.4. The zero-order chi connectivity index (χ0) is 15.9. The van der Waals surface area contributed by atoms with Crippen LogP contribution in [-0.4, -0.2) is 46.9 Å². The summed E-state index contributed by atoms with van der Waals surface area (Å²) in [6.07, 6.45) is 5.70. The molecule has 2 aromatic heterocycles. The SMILES string of the molecule is CN(C)c1nc(N2CCCCC2)c2cnn(C(C)(C)C)c2n1. The summed E-state index contributed by atoms with van der Waals surface area (Å²) in [7, 11) is 3.97. The van der Waals surface area contributed by atoms with Crippen LogP contribution in [0.15, 0.2) is 6.20 Å². The summed E-state index contributed by atoms with van der Waals surface area (Å²) in [5.41, 5.74) is 0.825. The van der Waals surface area contributed by atoms with Crippen molar-refractivity contribution in [2.24, 2.45) is 0 Å². The highest BCUT2D eigenvalue weighted by Gasteiger charge is 2.24. The highest BCUT2D eigenvalue weighted by Crippen LogP contribution is 2.30. The van der Waals surface area contributed by atoms with E-state index in [9.17, 15) is 0 Å². The van der Waals surface area contributed by atoms with E-state index in [0.29, 0.717) is 0 Å². The molecule has 0 unspecified atom stereocenters. The van der Waals surface area contributed by atoms with E-state index in [1.165, 1.54) is 19.3 Å². The van der Waals surface area contributed by atoms with Crippen molar-refractivity contribution in [2.45, 2.75) is 45.6 Å². The van der Waals surface area contributed by atoms with Crippen molar-refractivity contribution in [3.8, 4) is 0 Å². The largest absolute Gasteiger partial charge is 0.356 e. The van der Waals surface area contributed by atoms with Crippen molar-refractivity contribution < 1.29 is 0 Å². The molecule has 1 aliphatic heterocycles. The Kier molecular flexibility index (Phi) is 3.70. The van der Waals surface area contributed by atoms with Gasteiger partial charge in [-0.1, -0.05) is 0 Å². The van der Waals surface area contributed by atoms with E-state index in [1.807, 2.05) is 29.9 Å². The van der Waals surface area contributed by atoms with Crippen molar-refractivity contribution >= 4 is 22.8 Å². The number of anilines is 2. The Balaban J connectivity index is 2.19. The lowest BCUT2D eigenvalue weighted by Gasteiger charge is -2.29. The van der Waals surface area contributed by atoms with Gasteiger partial charge < -0.3 is 9.80 Å². The van der Waals surface area contributed by atoms with E-state index in [4.69, 9.17) is 9.97 Å². The Bertz CT molecular complexity index is 661. The molecule has 0 atom stereocenters. The molecule has 0 saturated carbocycles. The maximum absolute atomic E-state index is 4.81. The average Bonchev–Trinajstić information content (AvgIpc) is 2.91. The molecular weight excluding hydrogens is 276 g/mol. The molecule has 0 amide bonds. The third-order valence-electron chi connectivity index (χ3n) is 4.09. The van der Waals surface area contributed by atoms with Crippen LogP contribution in [-0.2, 0) is 5.54 Å². The van der Waals surface area contributed by atoms with Crippen LogP contribution >= 0.6 is 0 Å². The summed E-state index contributed by atoms with van der Waals surface area (Å²) < 4.78 is 2.00. The Hall–Kier alpha value is -1.85. The van der Waals surface area contributed by atoms with Gasteiger partial charge >= 0.3 is 0 Å². The molecule has 6 heteroatoms. The van der Waals surface area contributed by atoms with Gasteiger partial charge in [0.05, 0.1) is 17.1 Å². The zero-order valence-corrected chi connectivity index (χ0v) is 14.3. The Morgan fingerprint density at radius 1 is 1.05 bits per heavy atom. The van der Waals surface area contributed by atoms with Crippen LogP contribution in [0.4, 0.5) is 11.8 Å². The van der Waals surface area contributed by atoms with E-state index in [2.05, 4.69) is 30.8 Å². The number of nitrogens with zero attached hydrogens (tertiary/aromatic N) is 6. The molecule has 1 fully saturated rings. The predicted octanol–water partition coefficient (Wildman–Crippen LogP) is 2.64. The van der Waals surface area contributed by atoms with Crippen molar-refractivity contribution in [3.63, 3.8) is 0 Å². The molecule has 0 radical (unpaired) electrons. The molecule has 0 N–H and O–H groups in total. The molecule has 0 bridgehead atoms. The first-order valence-corrected chi connectivity index (χ1v) is 8.06. The van der Waals surface area contributed by atoms with Crippen molar-refractivity contribution in [3.05, 3.63) is 6.20 Å². The number of rotatable bonds is 2. The average molecular weight is 302 g/mol. The van der Waals surface area contributed by atoms with Crippen LogP contribution in [0.1, 0.15) is 40.0 Å². The third kappa shape index (κ3) is 2.62. The Morgan fingerprint density at radius 2 is 1.73 bits per heavy atom. The first-order chi connectivity index (χ1) is 10.4. The van der Waals surface area contributed by atoms with Gasteiger partial charge in [-0.25, -0.2) is 4.68 Å². The van der Waals surface area contributed by atoms with Gasteiger partial charge in [-0.3, -0.25) is 0 Å². The van der Waals surface area contributed by atoms with Crippen molar-refractivity contribution in [2.75, 3.05) is 37.0 Å². The Morgan fingerprint density at radius 3 is 2.32 bits per heavy atom. The van der Waals surface area contributed by atoms with Crippen LogP contribution in [0.3, 0.4) is 0 Å². The molecule has 0 aromatic carbocycles. The maximum atomic E-state index is 4.81. The van der Waals surface area contributed by atoms with Crippen molar-refractivity contribution in [1.82, 2.24) is 19.7 Å². The molecule has 3 rings (SSSR count). The molecule has 6 nitrogen and oxygen atoms in total. The second kappa shape index (κ2) is 5.41. The second-order valence-electron chi connectivity index (χ2n) is 7.25.